The first-order chi connectivity index (χ1) is 10.5. The van der Waals surface area contributed by atoms with Crippen LogP contribution in [0.5, 0.6) is 0 Å². The van der Waals surface area contributed by atoms with Gasteiger partial charge in [-0.15, -0.1) is 0 Å². The first-order valence-corrected chi connectivity index (χ1v) is 7.09. The Labute approximate surface area is 133 Å². The van der Waals surface area contributed by atoms with E-state index in [9.17, 15) is 9.18 Å². The average Bonchev–Trinajstić information content (AvgIpc) is 2.47. The maximum atomic E-state index is 13.6. The zero-order valence-corrected chi connectivity index (χ0v) is 13.1. The number of halogens is 2. The summed E-state index contributed by atoms with van der Waals surface area (Å²) in [6, 6.07) is 11.7. The summed E-state index contributed by atoms with van der Waals surface area (Å²) in [5, 5.41) is 5.79. The number of anilines is 3. The maximum Gasteiger partial charge on any atom is 0.243 e. The molecule has 2 rings (SSSR count). The molecule has 1 amide bonds. The lowest BCUT2D eigenvalue weighted by atomic mass is 10.2. The largest absolute Gasteiger partial charge is 0.378 e. The van der Waals surface area contributed by atoms with E-state index in [1.54, 1.807) is 6.07 Å². The second kappa shape index (κ2) is 7.13. The molecule has 0 aliphatic heterocycles. The van der Waals surface area contributed by atoms with Gasteiger partial charge in [0.25, 0.3) is 0 Å². The molecule has 2 aromatic carbocycles. The van der Waals surface area contributed by atoms with Gasteiger partial charge in [0.15, 0.2) is 0 Å². The van der Waals surface area contributed by atoms with Crippen molar-refractivity contribution in [1.29, 1.82) is 0 Å². The van der Waals surface area contributed by atoms with Crippen molar-refractivity contribution < 1.29 is 9.18 Å². The van der Waals surface area contributed by atoms with E-state index in [0.717, 1.165) is 5.69 Å². The summed E-state index contributed by atoms with van der Waals surface area (Å²) in [6.07, 6.45) is 0. The summed E-state index contributed by atoms with van der Waals surface area (Å²) in [6.45, 7) is -0.0337. The first kappa shape index (κ1) is 16.1. The Balaban J connectivity index is 1.90. The van der Waals surface area contributed by atoms with Gasteiger partial charge in [0.05, 0.1) is 12.2 Å². The number of benzene rings is 2. The molecule has 0 aromatic heterocycles. The number of rotatable bonds is 5. The van der Waals surface area contributed by atoms with Crippen LogP contribution in [0.4, 0.5) is 21.5 Å². The Morgan fingerprint density at radius 3 is 2.45 bits per heavy atom. The Bertz CT molecular complexity index is 659. The van der Waals surface area contributed by atoms with Crippen LogP contribution in [0.3, 0.4) is 0 Å². The van der Waals surface area contributed by atoms with Crippen molar-refractivity contribution in [1.82, 2.24) is 0 Å². The number of hydrogen-bond acceptors (Lipinski definition) is 3. The quantitative estimate of drug-likeness (QED) is 0.884. The van der Waals surface area contributed by atoms with Crippen molar-refractivity contribution in [3.05, 3.63) is 53.3 Å². The van der Waals surface area contributed by atoms with E-state index < -0.39 is 5.82 Å². The van der Waals surface area contributed by atoms with Crippen molar-refractivity contribution in [2.24, 2.45) is 0 Å². The lowest BCUT2D eigenvalue weighted by molar-refractivity contribution is -0.114. The summed E-state index contributed by atoms with van der Waals surface area (Å²) in [7, 11) is 3.89. The van der Waals surface area contributed by atoms with Gasteiger partial charge in [-0.2, -0.15) is 0 Å². The predicted octanol–water partition coefficient (Wildman–Crippen LogP) is 3.60. The van der Waals surface area contributed by atoms with E-state index in [1.165, 1.54) is 12.1 Å². The highest BCUT2D eigenvalue weighted by atomic mass is 35.5. The highest BCUT2D eigenvalue weighted by molar-refractivity contribution is 6.30. The van der Waals surface area contributed by atoms with Crippen LogP contribution in [0.2, 0.25) is 5.02 Å². The van der Waals surface area contributed by atoms with Gasteiger partial charge < -0.3 is 15.5 Å². The molecule has 0 atom stereocenters. The van der Waals surface area contributed by atoms with E-state index >= 15 is 0 Å². The minimum Gasteiger partial charge on any atom is -0.378 e. The molecule has 0 bridgehead atoms. The van der Waals surface area contributed by atoms with E-state index in [4.69, 9.17) is 11.6 Å². The van der Waals surface area contributed by atoms with Crippen molar-refractivity contribution in [2.75, 3.05) is 36.2 Å². The van der Waals surface area contributed by atoms with Gasteiger partial charge >= 0.3 is 0 Å². The predicted molar refractivity (Wildman–Crippen MR) is 89.3 cm³/mol. The fraction of sp³-hybridized carbons (Fsp3) is 0.188. The maximum absolute atomic E-state index is 13.6. The van der Waals surface area contributed by atoms with Crippen molar-refractivity contribution in [2.45, 2.75) is 0 Å². The number of nitrogens with one attached hydrogen (secondary N) is 2. The minimum atomic E-state index is -0.490. The number of amides is 1. The number of hydrogen-bond donors (Lipinski definition) is 2. The fourth-order valence-corrected chi connectivity index (χ4v) is 2.02. The Hall–Kier alpha value is -2.27. The highest BCUT2D eigenvalue weighted by Gasteiger charge is 2.06. The van der Waals surface area contributed by atoms with Crippen molar-refractivity contribution in [3.63, 3.8) is 0 Å². The number of carbonyl (C=O) groups excluding carboxylic acids is 1. The monoisotopic (exact) mass is 321 g/mol. The van der Waals surface area contributed by atoms with Crippen LogP contribution in [-0.4, -0.2) is 26.5 Å². The van der Waals surface area contributed by atoms with Crippen LogP contribution in [0.25, 0.3) is 0 Å². The van der Waals surface area contributed by atoms with Gasteiger partial charge in [-0.1, -0.05) is 11.6 Å². The Kier molecular flexibility index (Phi) is 5.22. The normalized spacial score (nSPS) is 10.2. The second-order valence-corrected chi connectivity index (χ2v) is 5.40. The molecule has 22 heavy (non-hydrogen) atoms. The van der Waals surface area contributed by atoms with E-state index in [-0.39, 0.29) is 18.1 Å². The van der Waals surface area contributed by atoms with Crippen LogP contribution < -0.4 is 15.5 Å². The standard InChI is InChI=1S/C16H17ClFN3O/c1-21(2)13-6-4-12(5-7-13)20-16(22)10-19-15-8-3-11(17)9-14(15)18/h3-9,19H,10H2,1-2H3,(H,20,22). The van der Waals surface area contributed by atoms with Gasteiger partial charge in [0.1, 0.15) is 5.82 Å². The molecule has 0 spiro atoms. The summed E-state index contributed by atoms with van der Waals surface area (Å²) >= 11 is 5.67. The second-order valence-electron chi connectivity index (χ2n) is 4.97. The molecular formula is C16H17ClFN3O. The van der Waals surface area contributed by atoms with Crippen molar-refractivity contribution in [3.8, 4) is 0 Å². The first-order valence-electron chi connectivity index (χ1n) is 6.72. The van der Waals surface area contributed by atoms with Crippen molar-refractivity contribution >= 4 is 34.6 Å². The molecule has 0 fully saturated rings. The zero-order valence-electron chi connectivity index (χ0n) is 12.4. The van der Waals surface area contributed by atoms with Gasteiger partial charge in [-0.25, -0.2) is 4.39 Å². The van der Waals surface area contributed by atoms with E-state index in [2.05, 4.69) is 10.6 Å². The molecule has 4 nitrogen and oxygen atoms in total. The van der Waals surface area contributed by atoms with E-state index in [1.807, 2.05) is 43.3 Å². The Morgan fingerprint density at radius 2 is 1.86 bits per heavy atom. The van der Waals surface area contributed by atoms with E-state index in [0.29, 0.717) is 10.7 Å². The molecule has 0 radical (unpaired) electrons. The average molecular weight is 322 g/mol. The van der Waals surface area contributed by atoms with Crippen LogP contribution >= 0.6 is 11.6 Å². The lowest BCUT2D eigenvalue weighted by Crippen LogP contribution is -2.22. The van der Waals surface area contributed by atoms with Gasteiger partial charge in [0, 0.05) is 30.5 Å². The summed E-state index contributed by atoms with van der Waals surface area (Å²) in [5.41, 5.74) is 1.97. The molecule has 116 valence electrons. The smallest absolute Gasteiger partial charge is 0.243 e. The van der Waals surface area contributed by atoms with Crippen LogP contribution in [-0.2, 0) is 4.79 Å². The third-order valence-corrected chi connectivity index (χ3v) is 3.27. The van der Waals surface area contributed by atoms with Crippen LogP contribution in [0, 0.1) is 5.82 Å². The van der Waals surface area contributed by atoms with Crippen LogP contribution in [0.15, 0.2) is 42.5 Å². The number of nitrogens with zero attached hydrogens (tertiary/aromatic N) is 1. The molecule has 2 N–H and O–H groups in total. The molecule has 0 aliphatic rings. The van der Waals surface area contributed by atoms with Crippen LogP contribution in [0.1, 0.15) is 0 Å². The summed E-state index contributed by atoms with van der Waals surface area (Å²) in [5.74, 6) is -0.748. The molecule has 0 aliphatic carbocycles. The fourth-order valence-electron chi connectivity index (χ4n) is 1.86. The molecular weight excluding hydrogens is 305 g/mol. The molecule has 0 unspecified atom stereocenters. The lowest BCUT2D eigenvalue weighted by Gasteiger charge is -2.13. The third-order valence-electron chi connectivity index (χ3n) is 3.04. The SMILES string of the molecule is CN(C)c1ccc(NC(=O)CNc2ccc(Cl)cc2F)cc1. The molecule has 2 aromatic rings. The minimum absolute atomic E-state index is 0.0337. The Morgan fingerprint density at radius 1 is 1.18 bits per heavy atom. The van der Waals surface area contributed by atoms with Gasteiger partial charge in [-0.05, 0) is 42.5 Å². The highest BCUT2D eigenvalue weighted by Crippen LogP contribution is 2.19. The molecule has 0 saturated heterocycles. The molecule has 0 heterocycles. The zero-order chi connectivity index (χ0) is 16.1. The third kappa shape index (κ3) is 4.36. The molecule has 0 saturated carbocycles. The summed E-state index contributed by atoms with van der Waals surface area (Å²) < 4.78 is 13.6. The summed E-state index contributed by atoms with van der Waals surface area (Å²) in [4.78, 5) is 13.8. The van der Waals surface area contributed by atoms with Gasteiger partial charge in [0.2, 0.25) is 5.91 Å². The topological polar surface area (TPSA) is 44.4 Å². The van der Waals surface area contributed by atoms with Gasteiger partial charge in [-0.3, -0.25) is 4.79 Å². The number of carbonyl (C=O) groups is 1. The molecule has 6 heteroatoms.